The molecular weight excluding hydrogens is 148 g/mol. The van der Waals surface area contributed by atoms with Crippen LogP contribution >= 0.6 is 0 Å². The largest absolute Gasteiger partial charge is 0.326 e. The lowest BCUT2D eigenvalue weighted by atomic mass is 10.4. The van der Waals surface area contributed by atoms with E-state index in [1.807, 2.05) is 13.8 Å². The van der Waals surface area contributed by atoms with Gasteiger partial charge in [-0.1, -0.05) is 6.92 Å². The maximum Gasteiger partial charge on any atom is 0.0632 e. The first-order valence-corrected chi connectivity index (χ1v) is 5.48. The number of rotatable bonds is 3. The summed E-state index contributed by atoms with van der Waals surface area (Å²) >= 11 is 0. The summed E-state index contributed by atoms with van der Waals surface area (Å²) in [7, 11) is -1.92. The highest BCUT2D eigenvalue weighted by Crippen LogP contribution is 1.90. The van der Waals surface area contributed by atoms with Gasteiger partial charge in [0.05, 0.1) is 6.54 Å². The Morgan fingerprint density at radius 2 is 2.20 bits per heavy atom. The Morgan fingerprint density at radius 3 is 2.50 bits per heavy atom. The summed E-state index contributed by atoms with van der Waals surface area (Å²) in [6.07, 6.45) is 1.66. The predicted octanol–water partition coefficient (Wildman–Crippen LogP) is 0.451. The summed E-state index contributed by atoms with van der Waals surface area (Å²) in [5, 5.41) is 0. The van der Waals surface area contributed by atoms with E-state index in [4.69, 9.17) is 5.73 Å². The van der Waals surface area contributed by atoms with Crippen molar-refractivity contribution in [3.8, 4) is 0 Å². The van der Waals surface area contributed by atoms with Gasteiger partial charge in [-0.05, 0) is 6.92 Å². The van der Waals surface area contributed by atoms with Crippen LogP contribution in [0.5, 0.6) is 0 Å². The Morgan fingerprint density at radius 1 is 1.70 bits per heavy atom. The van der Waals surface area contributed by atoms with Gasteiger partial charge in [-0.15, -0.1) is 0 Å². The van der Waals surface area contributed by atoms with E-state index in [1.165, 1.54) is 0 Å². The second-order valence-corrected chi connectivity index (χ2v) is 5.29. The van der Waals surface area contributed by atoms with Gasteiger partial charge in [-0.2, -0.15) is 0 Å². The van der Waals surface area contributed by atoms with Crippen molar-refractivity contribution in [2.75, 3.05) is 18.6 Å². The lowest BCUT2D eigenvalue weighted by Gasteiger charge is -2.01. The molecule has 0 saturated heterocycles. The first-order valence-electron chi connectivity index (χ1n) is 3.39. The normalized spacial score (nSPS) is 19.6. The summed E-state index contributed by atoms with van der Waals surface area (Å²) < 4.78 is 15.2. The fraction of sp³-hybridized carbons (Fsp3) is 1.00. The summed E-state index contributed by atoms with van der Waals surface area (Å²) in [5.74, 6) is 0.611. The Hall–Kier alpha value is -0.0900. The molecule has 0 aliphatic rings. The zero-order valence-corrected chi connectivity index (χ0v) is 7.65. The van der Waals surface area contributed by atoms with E-state index in [-0.39, 0.29) is 6.04 Å². The van der Waals surface area contributed by atoms with Crippen molar-refractivity contribution in [2.24, 2.45) is 10.1 Å². The van der Waals surface area contributed by atoms with Crippen molar-refractivity contribution in [1.82, 2.24) is 0 Å². The van der Waals surface area contributed by atoms with Crippen LogP contribution in [-0.4, -0.2) is 28.8 Å². The Bertz CT molecular complexity index is 192. The summed E-state index contributed by atoms with van der Waals surface area (Å²) in [5.41, 5.74) is 5.43. The van der Waals surface area contributed by atoms with Crippen LogP contribution in [0.15, 0.2) is 4.36 Å². The second-order valence-electron chi connectivity index (χ2n) is 2.54. The van der Waals surface area contributed by atoms with Gasteiger partial charge in [-0.25, -0.2) is 4.36 Å². The molecule has 2 unspecified atom stereocenters. The minimum Gasteiger partial charge on any atom is -0.326 e. The number of nitrogens with zero attached hydrogens (tertiary/aromatic N) is 1. The maximum absolute atomic E-state index is 11.2. The average molecular weight is 164 g/mol. The third-order valence-electron chi connectivity index (χ3n) is 1.17. The summed E-state index contributed by atoms with van der Waals surface area (Å²) in [6.45, 7) is 4.23. The summed E-state index contributed by atoms with van der Waals surface area (Å²) in [4.78, 5) is 0. The lowest BCUT2D eigenvalue weighted by Crippen LogP contribution is -2.19. The van der Waals surface area contributed by atoms with Gasteiger partial charge in [0, 0.05) is 27.8 Å². The van der Waals surface area contributed by atoms with Crippen molar-refractivity contribution in [3.05, 3.63) is 0 Å². The molecule has 0 aromatic carbocycles. The fourth-order valence-corrected chi connectivity index (χ4v) is 1.10. The van der Waals surface area contributed by atoms with Crippen LogP contribution in [-0.2, 0) is 9.73 Å². The fourth-order valence-electron chi connectivity index (χ4n) is 0.367. The van der Waals surface area contributed by atoms with E-state index >= 15 is 0 Å². The number of hydrogen-bond acceptors (Lipinski definition) is 3. The monoisotopic (exact) mass is 164 g/mol. The quantitative estimate of drug-likeness (QED) is 0.658. The zero-order valence-electron chi connectivity index (χ0n) is 6.83. The van der Waals surface area contributed by atoms with Crippen LogP contribution in [0.1, 0.15) is 13.8 Å². The van der Waals surface area contributed by atoms with Crippen molar-refractivity contribution in [3.63, 3.8) is 0 Å². The Labute approximate surface area is 63.2 Å². The SMILES string of the molecule is CCS(C)(=O)=NCC(C)N. The van der Waals surface area contributed by atoms with Crippen LogP contribution in [0.2, 0.25) is 0 Å². The third kappa shape index (κ3) is 4.76. The molecule has 0 aromatic rings. The topological polar surface area (TPSA) is 55.5 Å². The van der Waals surface area contributed by atoms with Crippen LogP contribution in [0.3, 0.4) is 0 Å². The minimum atomic E-state index is -1.92. The van der Waals surface area contributed by atoms with Gasteiger partial charge in [0.15, 0.2) is 0 Å². The van der Waals surface area contributed by atoms with Gasteiger partial charge in [0.2, 0.25) is 0 Å². The molecule has 0 fully saturated rings. The molecule has 0 aliphatic carbocycles. The maximum atomic E-state index is 11.2. The smallest absolute Gasteiger partial charge is 0.0632 e. The molecule has 3 nitrogen and oxygen atoms in total. The molecule has 2 atom stereocenters. The van der Waals surface area contributed by atoms with Gasteiger partial charge in [0.1, 0.15) is 0 Å². The van der Waals surface area contributed by atoms with Crippen LogP contribution in [0.25, 0.3) is 0 Å². The van der Waals surface area contributed by atoms with Gasteiger partial charge in [0.25, 0.3) is 0 Å². The van der Waals surface area contributed by atoms with Crippen molar-refractivity contribution < 1.29 is 4.21 Å². The Kier molecular flexibility index (Phi) is 3.89. The highest BCUT2D eigenvalue weighted by molar-refractivity contribution is 7.92. The molecule has 0 bridgehead atoms. The molecule has 4 heteroatoms. The lowest BCUT2D eigenvalue weighted by molar-refractivity contribution is 0.674. The van der Waals surface area contributed by atoms with Crippen LogP contribution in [0, 0.1) is 0 Å². The molecule has 2 N–H and O–H groups in total. The molecule has 0 amide bonds. The zero-order chi connectivity index (χ0) is 8.20. The van der Waals surface area contributed by atoms with Crippen LogP contribution < -0.4 is 5.73 Å². The first-order chi connectivity index (χ1) is 4.48. The molecule has 0 radical (unpaired) electrons. The average Bonchev–Trinajstić information content (AvgIpc) is 1.85. The standard InChI is InChI=1S/C6H16N2OS/c1-4-10(3,9)8-5-6(2)7/h6H,4-5,7H2,1-3H3. The number of hydrogen-bond donors (Lipinski definition) is 1. The van der Waals surface area contributed by atoms with E-state index in [0.717, 1.165) is 0 Å². The van der Waals surface area contributed by atoms with Gasteiger partial charge >= 0.3 is 0 Å². The predicted molar refractivity (Wildman–Crippen MR) is 45.6 cm³/mol. The molecule has 0 rings (SSSR count). The first kappa shape index (κ1) is 9.91. The minimum absolute atomic E-state index is 0.0207. The van der Waals surface area contributed by atoms with Crippen molar-refractivity contribution in [2.45, 2.75) is 19.9 Å². The van der Waals surface area contributed by atoms with E-state index in [0.29, 0.717) is 12.3 Å². The van der Waals surface area contributed by atoms with E-state index < -0.39 is 9.73 Å². The van der Waals surface area contributed by atoms with Crippen molar-refractivity contribution >= 4 is 9.73 Å². The highest BCUT2D eigenvalue weighted by Gasteiger charge is 1.96. The van der Waals surface area contributed by atoms with Crippen LogP contribution in [0.4, 0.5) is 0 Å². The third-order valence-corrected chi connectivity index (χ3v) is 2.94. The molecular formula is C6H16N2OS. The molecule has 0 aliphatic heterocycles. The molecule has 0 spiro atoms. The second kappa shape index (κ2) is 3.93. The van der Waals surface area contributed by atoms with Gasteiger partial charge in [-0.3, -0.25) is 4.21 Å². The highest BCUT2D eigenvalue weighted by atomic mass is 32.2. The number of nitrogens with two attached hydrogens (primary N) is 1. The molecule has 10 heavy (non-hydrogen) atoms. The molecule has 0 heterocycles. The van der Waals surface area contributed by atoms with E-state index in [2.05, 4.69) is 4.36 Å². The molecule has 62 valence electrons. The summed E-state index contributed by atoms with van der Waals surface area (Å²) in [6, 6.07) is 0.0207. The molecule has 0 saturated carbocycles. The van der Waals surface area contributed by atoms with Gasteiger partial charge < -0.3 is 5.73 Å². The Balaban J connectivity index is 4.04. The van der Waals surface area contributed by atoms with Crippen molar-refractivity contribution in [1.29, 1.82) is 0 Å². The molecule has 0 aromatic heterocycles. The van der Waals surface area contributed by atoms with E-state index in [9.17, 15) is 4.21 Å². The van der Waals surface area contributed by atoms with E-state index in [1.54, 1.807) is 6.26 Å².